The van der Waals surface area contributed by atoms with Gasteiger partial charge in [0.05, 0.1) is 17.1 Å². The van der Waals surface area contributed by atoms with Gasteiger partial charge in [0.25, 0.3) is 17.7 Å². The van der Waals surface area contributed by atoms with Crippen molar-refractivity contribution in [1.29, 1.82) is 0 Å². The number of hydrogen-bond donors (Lipinski definition) is 3. The monoisotopic (exact) mass is 453 g/mol. The van der Waals surface area contributed by atoms with Gasteiger partial charge in [-0.25, -0.2) is 0 Å². The van der Waals surface area contributed by atoms with Crippen LogP contribution in [0.1, 0.15) is 31.1 Å². The zero-order valence-corrected chi connectivity index (χ0v) is 17.8. The molecule has 30 heavy (non-hydrogen) atoms. The number of amides is 3. The van der Waals surface area contributed by atoms with Crippen molar-refractivity contribution in [3.63, 3.8) is 0 Å². The highest BCUT2D eigenvalue weighted by molar-refractivity contribution is 7.08. The lowest BCUT2D eigenvalue weighted by atomic mass is 10.0. The predicted octanol–water partition coefficient (Wildman–Crippen LogP) is 5.63. The zero-order chi connectivity index (χ0) is 20.9. The van der Waals surface area contributed by atoms with E-state index in [2.05, 4.69) is 16.0 Å². The Kier molecular flexibility index (Phi) is 6.03. The second-order valence-electron chi connectivity index (χ2n) is 6.20. The SMILES string of the molecule is O=C(Nc1ccsc1)c1cc(C(=O)Nc2ccsc2)cc(C(=O)Nc2ccsc2)c1. The van der Waals surface area contributed by atoms with E-state index in [0.717, 1.165) is 0 Å². The molecule has 3 amide bonds. The summed E-state index contributed by atoms with van der Waals surface area (Å²) in [7, 11) is 0. The first-order chi connectivity index (χ1) is 14.6. The van der Waals surface area contributed by atoms with Crippen LogP contribution in [0.25, 0.3) is 0 Å². The fourth-order valence-corrected chi connectivity index (χ4v) is 4.40. The van der Waals surface area contributed by atoms with Gasteiger partial charge >= 0.3 is 0 Å². The number of nitrogens with one attached hydrogen (secondary N) is 3. The molecule has 0 spiro atoms. The molecule has 3 heterocycles. The van der Waals surface area contributed by atoms with E-state index in [0.29, 0.717) is 17.1 Å². The van der Waals surface area contributed by atoms with Gasteiger partial charge in [0.15, 0.2) is 0 Å². The van der Waals surface area contributed by atoms with Crippen LogP contribution in [0.5, 0.6) is 0 Å². The number of thiophene rings is 3. The highest BCUT2D eigenvalue weighted by Gasteiger charge is 2.17. The van der Waals surface area contributed by atoms with Crippen LogP contribution in [0.15, 0.2) is 68.7 Å². The summed E-state index contributed by atoms with van der Waals surface area (Å²) < 4.78 is 0. The molecule has 0 radical (unpaired) electrons. The lowest BCUT2D eigenvalue weighted by Crippen LogP contribution is -2.19. The van der Waals surface area contributed by atoms with Crippen LogP contribution in [-0.2, 0) is 0 Å². The summed E-state index contributed by atoms with van der Waals surface area (Å²) in [5.74, 6) is -1.20. The average Bonchev–Trinajstić information content (AvgIpc) is 3.51. The molecule has 3 aromatic heterocycles. The third-order valence-corrected chi connectivity index (χ3v) is 6.11. The van der Waals surface area contributed by atoms with Crippen molar-refractivity contribution < 1.29 is 14.4 Å². The van der Waals surface area contributed by atoms with E-state index in [-0.39, 0.29) is 16.7 Å². The molecule has 0 atom stereocenters. The molecular formula is C21H15N3O3S3. The Morgan fingerprint density at radius 3 is 1.07 bits per heavy atom. The number of carbonyl (C=O) groups is 3. The van der Waals surface area contributed by atoms with E-state index in [4.69, 9.17) is 0 Å². The lowest BCUT2D eigenvalue weighted by Gasteiger charge is -2.10. The molecule has 1 aromatic carbocycles. The maximum absolute atomic E-state index is 12.7. The lowest BCUT2D eigenvalue weighted by molar-refractivity contribution is 0.102. The summed E-state index contributed by atoms with van der Waals surface area (Å²) in [5, 5.41) is 19.3. The summed E-state index contributed by atoms with van der Waals surface area (Å²) >= 11 is 4.37. The molecule has 3 N–H and O–H groups in total. The van der Waals surface area contributed by atoms with Crippen LogP contribution in [0.4, 0.5) is 17.1 Å². The predicted molar refractivity (Wildman–Crippen MR) is 123 cm³/mol. The quantitative estimate of drug-likeness (QED) is 0.354. The molecule has 0 bridgehead atoms. The first-order valence-corrected chi connectivity index (χ1v) is 11.6. The molecule has 0 aliphatic heterocycles. The fraction of sp³-hybridized carbons (Fsp3) is 0. The molecule has 4 aromatic rings. The molecule has 0 saturated carbocycles. The first-order valence-electron chi connectivity index (χ1n) is 8.74. The molecule has 150 valence electrons. The van der Waals surface area contributed by atoms with Gasteiger partial charge in [-0.15, -0.1) is 0 Å². The molecule has 4 rings (SSSR count). The number of rotatable bonds is 6. The van der Waals surface area contributed by atoms with Crippen LogP contribution in [0.3, 0.4) is 0 Å². The van der Waals surface area contributed by atoms with E-state index < -0.39 is 17.7 Å². The van der Waals surface area contributed by atoms with E-state index in [1.165, 1.54) is 52.2 Å². The summed E-state index contributed by atoms with van der Waals surface area (Å²) in [6.07, 6.45) is 0. The van der Waals surface area contributed by atoms with Gasteiger partial charge in [0, 0.05) is 32.8 Å². The highest BCUT2D eigenvalue weighted by Crippen LogP contribution is 2.20. The Bertz CT molecular complexity index is 1010. The summed E-state index contributed by atoms with van der Waals surface area (Å²) in [5.41, 5.74) is 2.62. The van der Waals surface area contributed by atoms with E-state index in [9.17, 15) is 14.4 Å². The molecular weight excluding hydrogens is 438 g/mol. The Hall–Kier alpha value is -3.27. The standard InChI is InChI=1S/C21H15N3O3S3/c25-19(22-16-1-4-28-10-16)13-7-14(20(26)23-17-2-5-29-11-17)9-15(8-13)21(27)24-18-3-6-30-12-18/h1-12H,(H,22,25)(H,23,26)(H,24,27). The summed E-state index contributed by atoms with van der Waals surface area (Å²) in [6.45, 7) is 0. The van der Waals surface area contributed by atoms with Crippen molar-refractivity contribution in [3.05, 3.63) is 85.4 Å². The molecule has 0 fully saturated rings. The highest BCUT2D eigenvalue weighted by atomic mass is 32.1. The van der Waals surface area contributed by atoms with Crippen LogP contribution in [0, 0.1) is 0 Å². The van der Waals surface area contributed by atoms with Crippen LogP contribution >= 0.6 is 34.0 Å². The molecule has 0 unspecified atom stereocenters. The van der Waals surface area contributed by atoms with Gasteiger partial charge in [-0.3, -0.25) is 14.4 Å². The zero-order valence-electron chi connectivity index (χ0n) is 15.4. The summed E-state index contributed by atoms with van der Waals surface area (Å²) in [6, 6.07) is 9.76. The number of hydrogen-bond acceptors (Lipinski definition) is 6. The topological polar surface area (TPSA) is 87.3 Å². The maximum atomic E-state index is 12.7. The van der Waals surface area contributed by atoms with E-state index >= 15 is 0 Å². The minimum atomic E-state index is -0.400. The Morgan fingerprint density at radius 2 is 0.833 bits per heavy atom. The van der Waals surface area contributed by atoms with Gasteiger partial charge in [0.1, 0.15) is 0 Å². The third kappa shape index (κ3) is 4.82. The Morgan fingerprint density at radius 1 is 0.533 bits per heavy atom. The number of carbonyl (C=O) groups excluding carboxylic acids is 3. The van der Waals surface area contributed by atoms with Crippen LogP contribution in [-0.4, -0.2) is 17.7 Å². The minimum Gasteiger partial charge on any atom is -0.321 e. The van der Waals surface area contributed by atoms with E-state index in [1.54, 1.807) is 34.3 Å². The molecule has 9 heteroatoms. The largest absolute Gasteiger partial charge is 0.321 e. The molecule has 0 saturated heterocycles. The fourth-order valence-electron chi connectivity index (χ4n) is 2.64. The Balaban J connectivity index is 1.64. The van der Waals surface area contributed by atoms with Gasteiger partial charge in [-0.05, 0) is 52.5 Å². The maximum Gasteiger partial charge on any atom is 0.255 e. The second-order valence-corrected chi connectivity index (χ2v) is 8.54. The average molecular weight is 454 g/mol. The van der Waals surface area contributed by atoms with Crippen molar-refractivity contribution in [2.24, 2.45) is 0 Å². The van der Waals surface area contributed by atoms with Crippen molar-refractivity contribution >= 4 is 68.8 Å². The minimum absolute atomic E-state index is 0.217. The molecule has 6 nitrogen and oxygen atoms in total. The summed E-state index contributed by atoms with van der Waals surface area (Å²) in [4.78, 5) is 38.2. The van der Waals surface area contributed by atoms with Gasteiger partial charge in [-0.1, -0.05) is 0 Å². The third-order valence-electron chi connectivity index (χ3n) is 4.06. The molecule has 0 aliphatic carbocycles. The van der Waals surface area contributed by atoms with Gasteiger partial charge in [-0.2, -0.15) is 34.0 Å². The number of benzene rings is 1. The second kappa shape index (κ2) is 9.04. The first kappa shape index (κ1) is 20.0. The van der Waals surface area contributed by atoms with E-state index in [1.807, 2.05) is 16.1 Å². The van der Waals surface area contributed by atoms with Gasteiger partial charge in [0.2, 0.25) is 0 Å². The number of anilines is 3. The van der Waals surface area contributed by atoms with Crippen molar-refractivity contribution in [2.45, 2.75) is 0 Å². The smallest absolute Gasteiger partial charge is 0.255 e. The normalized spacial score (nSPS) is 10.4. The van der Waals surface area contributed by atoms with Crippen molar-refractivity contribution in [3.8, 4) is 0 Å². The Labute approximate surface area is 184 Å². The molecule has 0 aliphatic rings. The van der Waals surface area contributed by atoms with Crippen LogP contribution in [0.2, 0.25) is 0 Å². The van der Waals surface area contributed by atoms with Crippen molar-refractivity contribution in [2.75, 3.05) is 16.0 Å². The van der Waals surface area contributed by atoms with Crippen molar-refractivity contribution in [1.82, 2.24) is 0 Å². The van der Waals surface area contributed by atoms with Gasteiger partial charge < -0.3 is 16.0 Å². The van der Waals surface area contributed by atoms with Crippen LogP contribution < -0.4 is 16.0 Å².